The first-order valence-corrected chi connectivity index (χ1v) is 6.16. The van der Waals surface area contributed by atoms with Gasteiger partial charge in [-0.15, -0.1) is 0 Å². The fraction of sp³-hybridized carbons (Fsp3) is 0.167. The van der Waals surface area contributed by atoms with Gasteiger partial charge in [-0.3, -0.25) is 0 Å². The van der Waals surface area contributed by atoms with E-state index in [-0.39, 0.29) is 5.17 Å². The Morgan fingerprint density at radius 1 is 1.44 bits per heavy atom. The molecule has 6 heteroatoms. The highest BCUT2D eigenvalue weighted by Gasteiger charge is 2.10. The van der Waals surface area contributed by atoms with Gasteiger partial charge in [0.15, 0.2) is 5.17 Å². The second-order valence-corrected chi connectivity index (χ2v) is 4.32. The Kier molecular flexibility index (Phi) is 5.79. The average molecular weight is 265 g/mol. The maximum absolute atomic E-state index is 11.6. The summed E-state index contributed by atoms with van der Waals surface area (Å²) in [7, 11) is 1.34. The van der Waals surface area contributed by atoms with Gasteiger partial charge in [0.2, 0.25) is 0 Å². The summed E-state index contributed by atoms with van der Waals surface area (Å²) in [4.78, 5) is 11.6. The third kappa shape index (κ3) is 4.50. The van der Waals surface area contributed by atoms with E-state index in [4.69, 9.17) is 16.3 Å². The number of methoxy groups -OCH3 is 1. The number of ether oxygens (including phenoxy) is 1. The number of amidine groups is 1. The topological polar surface area (TPSA) is 90.7 Å². The molecule has 1 aromatic carbocycles. The van der Waals surface area contributed by atoms with E-state index in [0.717, 1.165) is 5.56 Å². The molecule has 0 amide bonds. The van der Waals surface area contributed by atoms with Gasteiger partial charge < -0.3 is 16.3 Å². The second-order valence-electron chi connectivity index (χ2n) is 3.33. The van der Waals surface area contributed by atoms with Crippen molar-refractivity contribution in [1.82, 2.24) is 0 Å². The molecule has 18 heavy (non-hydrogen) atoms. The molecule has 0 aliphatic carbocycles. The quantitative estimate of drug-likeness (QED) is 0.213. The number of hydrazone groups is 1. The molecule has 0 spiro atoms. The Labute approximate surface area is 110 Å². The van der Waals surface area contributed by atoms with Gasteiger partial charge in [0, 0.05) is 11.3 Å². The number of carbonyl (C=O) groups excluding carboxylic acids is 1. The molecular formula is C12H15N3O2S. The van der Waals surface area contributed by atoms with E-state index >= 15 is 0 Å². The summed E-state index contributed by atoms with van der Waals surface area (Å²) in [5, 5.41) is 3.55. The molecule has 0 aliphatic rings. The minimum Gasteiger partial charge on any atom is -0.466 e. The van der Waals surface area contributed by atoms with Crippen molar-refractivity contribution < 1.29 is 9.53 Å². The first-order chi connectivity index (χ1) is 8.67. The largest absolute Gasteiger partial charge is 0.466 e. The van der Waals surface area contributed by atoms with Crippen molar-refractivity contribution in [2.75, 3.05) is 12.9 Å². The number of hydrogen-bond acceptors (Lipinski definition) is 5. The summed E-state index contributed by atoms with van der Waals surface area (Å²) < 4.78 is 4.72. The molecule has 0 heterocycles. The highest BCUT2D eigenvalue weighted by atomic mass is 32.2. The van der Waals surface area contributed by atoms with Gasteiger partial charge in [-0.25, -0.2) is 4.79 Å². The Hall–Kier alpha value is -1.95. The van der Waals surface area contributed by atoms with Crippen LogP contribution in [0, 0.1) is 0 Å². The van der Waals surface area contributed by atoms with Gasteiger partial charge in [0.25, 0.3) is 0 Å². The third-order valence-electron chi connectivity index (χ3n) is 2.09. The van der Waals surface area contributed by atoms with E-state index < -0.39 is 5.97 Å². The predicted octanol–water partition coefficient (Wildman–Crippen LogP) is 1.16. The number of carbonyl (C=O) groups is 1. The molecule has 96 valence electrons. The van der Waals surface area contributed by atoms with Crippen molar-refractivity contribution in [3.63, 3.8) is 0 Å². The van der Waals surface area contributed by atoms with Gasteiger partial charge in [0.1, 0.15) is 0 Å². The molecule has 0 fully saturated rings. The van der Waals surface area contributed by atoms with E-state index in [1.54, 1.807) is 6.08 Å². The molecule has 0 saturated carbocycles. The number of hydrogen-bond donors (Lipinski definition) is 2. The van der Waals surface area contributed by atoms with E-state index in [1.807, 2.05) is 30.3 Å². The van der Waals surface area contributed by atoms with Crippen LogP contribution in [0.2, 0.25) is 0 Å². The molecule has 0 saturated heterocycles. The zero-order valence-electron chi connectivity index (χ0n) is 10.00. The molecule has 0 unspecified atom stereocenters. The third-order valence-corrected chi connectivity index (χ3v) is 2.95. The summed E-state index contributed by atoms with van der Waals surface area (Å²) in [6.45, 7) is 0. The maximum atomic E-state index is 11.6. The number of thioether (sulfide) groups is 1. The van der Waals surface area contributed by atoms with E-state index in [9.17, 15) is 4.79 Å². The lowest BCUT2D eigenvalue weighted by Crippen LogP contribution is -2.13. The summed E-state index contributed by atoms with van der Waals surface area (Å²) in [5.41, 5.74) is 6.88. The van der Waals surface area contributed by atoms with Crippen molar-refractivity contribution in [1.29, 1.82) is 0 Å². The molecule has 4 N–H and O–H groups in total. The monoisotopic (exact) mass is 265 g/mol. The van der Waals surface area contributed by atoms with E-state index in [1.165, 1.54) is 18.9 Å². The lowest BCUT2D eigenvalue weighted by molar-refractivity contribution is -0.135. The van der Waals surface area contributed by atoms with Crippen LogP contribution < -0.4 is 11.6 Å². The number of esters is 1. The van der Waals surface area contributed by atoms with Crippen LogP contribution in [0.15, 0.2) is 41.0 Å². The smallest absolute Gasteiger partial charge is 0.334 e. The van der Waals surface area contributed by atoms with Crippen LogP contribution in [0.4, 0.5) is 0 Å². The lowest BCUT2D eigenvalue weighted by atomic mass is 10.1. The van der Waals surface area contributed by atoms with Gasteiger partial charge in [-0.05, 0) is 11.6 Å². The van der Waals surface area contributed by atoms with Crippen molar-refractivity contribution >= 4 is 29.0 Å². The van der Waals surface area contributed by atoms with Gasteiger partial charge >= 0.3 is 5.97 Å². The van der Waals surface area contributed by atoms with Crippen LogP contribution >= 0.6 is 11.8 Å². The molecule has 0 aliphatic heterocycles. The molecule has 0 aromatic heterocycles. The van der Waals surface area contributed by atoms with E-state index in [2.05, 4.69) is 5.10 Å². The molecule has 0 radical (unpaired) electrons. The summed E-state index contributed by atoms with van der Waals surface area (Å²) in [6, 6.07) is 9.48. The van der Waals surface area contributed by atoms with Crippen molar-refractivity contribution in [2.24, 2.45) is 16.7 Å². The van der Waals surface area contributed by atoms with Crippen LogP contribution in [0.1, 0.15) is 5.56 Å². The lowest BCUT2D eigenvalue weighted by Gasteiger charge is -2.05. The van der Waals surface area contributed by atoms with Crippen molar-refractivity contribution in [2.45, 2.75) is 0 Å². The second kappa shape index (κ2) is 7.39. The molecule has 1 rings (SSSR count). The minimum atomic E-state index is -0.392. The molecule has 0 bridgehead atoms. The maximum Gasteiger partial charge on any atom is 0.334 e. The Balaban J connectivity index is 2.85. The van der Waals surface area contributed by atoms with E-state index in [0.29, 0.717) is 11.3 Å². The molecular weight excluding hydrogens is 250 g/mol. The Morgan fingerprint density at radius 3 is 2.67 bits per heavy atom. The highest BCUT2D eigenvalue weighted by molar-refractivity contribution is 8.13. The summed E-state index contributed by atoms with van der Waals surface area (Å²) >= 11 is 1.18. The first-order valence-electron chi connectivity index (χ1n) is 5.17. The number of benzene rings is 1. The van der Waals surface area contributed by atoms with Crippen LogP contribution in [-0.2, 0) is 9.53 Å². The van der Waals surface area contributed by atoms with Gasteiger partial charge in [0.05, 0.1) is 7.11 Å². The molecule has 5 nitrogen and oxygen atoms in total. The SMILES string of the molecule is COC(=O)/C(=C/c1ccccc1)CS/C(N)=N\N. The average Bonchev–Trinajstić information content (AvgIpc) is 2.43. The molecule has 1 aromatic rings. The zero-order valence-corrected chi connectivity index (χ0v) is 10.8. The fourth-order valence-corrected chi connectivity index (χ4v) is 1.81. The molecule has 0 atom stereocenters. The number of rotatable bonds is 4. The highest BCUT2D eigenvalue weighted by Crippen LogP contribution is 2.13. The van der Waals surface area contributed by atoms with Crippen LogP contribution in [0.5, 0.6) is 0 Å². The van der Waals surface area contributed by atoms with Crippen molar-refractivity contribution in [3.05, 3.63) is 41.5 Å². The minimum absolute atomic E-state index is 0.220. The van der Waals surface area contributed by atoms with Gasteiger partial charge in [-0.2, -0.15) is 5.10 Å². The summed E-state index contributed by atoms with van der Waals surface area (Å²) in [6.07, 6.45) is 1.75. The normalized spacial score (nSPS) is 12.3. The Bertz CT molecular complexity index is 458. The van der Waals surface area contributed by atoms with Crippen molar-refractivity contribution in [3.8, 4) is 0 Å². The van der Waals surface area contributed by atoms with Crippen LogP contribution in [0.3, 0.4) is 0 Å². The Morgan fingerprint density at radius 2 is 2.11 bits per heavy atom. The fourth-order valence-electron chi connectivity index (χ4n) is 1.23. The number of nitrogens with zero attached hydrogens (tertiary/aromatic N) is 1. The van der Waals surface area contributed by atoms with Crippen LogP contribution in [0.25, 0.3) is 6.08 Å². The predicted molar refractivity (Wildman–Crippen MR) is 74.7 cm³/mol. The summed E-state index contributed by atoms with van der Waals surface area (Å²) in [5.74, 6) is 4.99. The standard InChI is InChI=1S/C12H15N3O2S/c1-17-11(16)10(8-18-12(13)15-14)7-9-5-3-2-4-6-9/h2-7H,8,14H2,1H3,(H2,13,15)/b10-7+. The van der Waals surface area contributed by atoms with Gasteiger partial charge in [-0.1, -0.05) is 42.1 Å². The number of nitrogens with two attached hydrogens (primary N) is 2. The first kappa shape index (κ1) is 14.1. The zero-order chi connectivity index (χ0) is 13.4. The van der Waals surface area contributed by atoms with Crippen LogP contribution in [-0.4, -0.2) is 24.0 Å².